The number of benzene rings is 1. The smallest absolute Gasteiger partial charge is 0.321 e. The molecule has 0 radical (unpaired) electrons. The fourth-order valence-electron chi connectivity index (χ4n) is 1.80. The Morgan fingerprint density at radius 1 is 1.14 bits per heavy atom. The first-order valence-electron chi connectivity index (χ1n) is 7.45. The summed E-state index contributed by atoms with van der Waals surface area (Å²) in [6.45, 7) is 6.73. The van der Waals surface area contributed by atoms with Gasteiger partial charge < -0.3 is 10.6 Å². The molecule has 3 amide bonds. The fourth-order valence-corrected chi connectivity index (χ4v) is 1.93. The van der Waals surface area contributed by atoms with E-state index in [1.807, 2.05) is 19.1 Å². The molecule has 0 saturated heterocycles. The van der Waals surface area contributed by atoms with Crippen molar-refractivity contribution in [3.63, 3.8) is 0 Å². The molecule has 0 bridgehead atoms. The average Bonchev–Trinajstić information content (AvgIpc) is 2.45. The first-order chi connectivity index (χ1) is 10.4. The molecule has 1 atom stereocenters. The van der Waals surface area contributed by atoms with Gasteiger partial charge in [0.1, 0.15) is 0 Å². The number of rotatable bonds is 7. The molecule has 1 aromatic rings. The average molecular weight is 326 g/mol. The minimum absolute atomic E-state index is 0.00739. The van der Waals surface area contributed by atoms with Gasteiger partial charge in [-0.1, -0.05) is 37.6 Å². The van der Waals surface area contributed by atoms with Crippen molar-refractivity contribution in [1.82, 2.24) is 16.0 Å². The van der Waals surface area contributed by atoms with E-state index >= 15 is 0 Å². The first kappa shape index (κ1) is 18.5. The molecular weight excluding hydrogens is 302 g/mol. The predicted molar refractivity (Wildman–Crippen MR) is 88.9 cm³/mol. The molecule has 1 rings (SSSR count). The van der Waals surface area contributed by atoms with Gasteiger partial charge in [0, 0.05) is 17.6 Å². The highest BCUT2D eigenvalue weighted by Crippen LogP contribution is 2.15. The first-order valence-corrected chi connectivity index (χ1v) is 7.82. The summed E-state index contributed by atoms with van der Waals surface area (Å²) < 4.78 is 0. The molecule has 6 heteroatoms. The van der Waals surface area contributed by atoms with Gasteiger partial charge in [0.05, 0.1) is 6.54 Å². The van der Waals surface area contributed by atoms with Crippen molar-refractivity contribution in [1.29, 1.82) is 0 Å². The number of halogens is 1. The summed E-state index contributed by atoms with van der Waals surface area (Å²) in [6, 6.07) is 6.94. The Balaban J connectivity index is 2.27. The molecule has 0 aliphatic carbocycles. The SMILES string of the molecule is CC(C)CCNC(=O)NC(=O)CN[C@H](C)c1ccc(Cl)cc1. The molecule has 0 fully saturated rings. The Hall–Kier alpha value is -1.59. The lowest BCUT2D eigenvalue weighted by atomic mass is 10.1. The number of urea groups is 1. The van der Waals surface area contributed by atoms with Crippen LogP contribution in [-0.4, -0.2) is 25.0 Å². The number of imide groups is 1. The van der Waals surface area contributed by atoms with Crippen LogP contribution in [0.3, 0.4) is 0 Å². The van der Waals surface area contributed by atoms with E-state index in [9.17, 15) is 9.59 Å². The number of nitrogens with one attached hydrogen (secondary N) is 3. The standard InChI is InChI=1S/C16H24ClN3O2/c1-11(2)8-9-18-16(22)20-15(21)10-19-12(3)13-4-6-14(17)7-5-13/h4-7,11-12,19H,8-10H2,1-3H3,(H2,18,20,21,22)/t12-/m1/s1. The van der Waals surface area contributed by atoms with Gasteiger partial charge in [0.2, 0.25) is 5.91 Å². The van der Waals surface area contributed by atoms with E-state index in [1.165, 1.54) is 0 Å². The minimum Gasteiger partial charge on any atom is -0.338 e. The van der Waals surface area contributed by atoms with Gasteiger partial charge in [-0.25, -0.2) is 4.79 Å². The van der Waals surface area contributed by atoms with Crippen molar-refractivity contribution in [3.05, 3.63) is 34.9 Å². The predicted octanol–water partition coefficient (Wildman–Crippen LogP) is 2.86. The van der Waals surface area contributed by atoms with Crippen molar-refractivity contribution in [2.45, 2.75) is 33.2 Å². The zero-order valence-corrected chi connectivity index (χ0v) is 14.0. The van der Waals surface area contributed by atoms with E-state index in [4.69, 9.17) is 11.6 Å². The van der Waals surface area contributed by atoms with Gasteiger partial charge >= 0.3 is 6.03 Å². The summed E-state index contributed by atoms with van der Waals surface area (Å²) in [6.07, 6.45) is 0.882. The number of hydrogen-bond acceptors (Lipinski definition) is 3. The van der Waals surface area contributed by atoms with Gasteiger partial charge in [-0.15, -0.1) is 0 Å². The van der Waals surface area contributed by atoms with Crippen LogP contribution in [0.2, 0.25) is 5.02 Å². The molecule has 0 heterocycles. The maximum Gasteiger partial charge on any atom is 0.321 e. The van der Waals surface area contributed by atoms with Crippen molar-refractivity contribution >= 4 is 23.5 Å². The Morgan fingerprint density at radius 3 is 2.36 bits per heavy atom. The summed E-state index contributed by atoms with van der Waals surface area (Å²) in [5.41, 5.74) is 1.03. The van der Waals surface area contributed by atoms with Crippen molar-refractivity contribution in [2.75, 3.05) is 13.1 Å². The number of amides is 3. The maximum atomic E-state index is 11.7. The van der Waals surface area contributed by atoms with E-state index < -0.39 is 6.03 Å². The van der Waals surface area contributed by atoms with Crippen LogP contribution in [0, 0.1) is 5.92 Å². The van der Waals surface area contributed by atoms with Crippen molar-refractivity contribution < 1.29 is 9.59 Å². The molecule has 0 aliphatic rings. The summed E-state index contributed by atoms with van der Waals surface area (Å²) in [5, 5.41) is 8.69. The molecule has 122 valence electrons. The van der Waals surface area contributed by atoms with Crippen LogP contribution in [0.15, 0.2) is 24.3 Å². The third-order valence-corrected chi connectivity index (χ3v) is 3.45. The van der Waals surface area contributed by atoms with Gasteiger partial charge in [-0.2, -0.15) is 0 Å². The highest BCUT2D eigenvalue weighted by Gasteiger charge is 2.10. The van der Waals surface area contributed by atoms with Gasteiger partial charge in [0.25, 0.3) is 0 Å². The van der Waals surface area contributed by atoms with Crippen LogP contribution in [0.5, 0.6) is 0 Å². The monoisotopic (exact) mass is 325 g/mol. The molecule has 3 N–H and O–H groups in total. The Labute approximate surface area is 136 Å². The number of carbonyl (C=O) groups excluding carboxylic acids is 2. The molecule has 0 saturated carbocycles. The lowest BCUT2D eigenvalue weighted by Gasteiger charge is -2.14. The third-order valence-electron chi connectivity index (χ3n) is 3.20. The van der Waals surface area contributed by atoms with Crippen molar-refractivity contribution in [3.8, 4) is 0 Å². The van der Waals surface area contributed by atoms with E-state index in [-0.39, 0.29) is 18.5 Å². The quantitative estimate of drug-likeness (QED) is 0.722. The minimum atomic E-state index is -0.452. The van der Waals surface area contributed by atoms with Crippen LogP contribution in [0.25, 0.3) is 0 Å². The van der Waals surface area contributed by atoms with E-state index in [0.29, 0.717) is 17.5 Å². The molecule has 0 spiro atoms. The van der Waals surface area contributed by atoms with Crippen LogP contribution < -0.4 is 16.0 Å². The Kier molecular flexibility index (Phi) is 7.91. The molecule has 0 unspecified atom stereocenters. The Bertz CT molecular complexity index is 489. The molecule has 22 heavy (non-hydrogen) atoms. The zero-order valence-electron chi connectivity index (χ0n) is 13.3. The normalized spacial score (nSPS) is 12.0. The summed E-state index contributed by atoms with van der Waals surface area (Å²) >= 11 is 5.83. The molecule has 1 aromatic carbocycles. The lowest BCUT2D eigenvalue weighted by Crippen LogP contribution is -2.44. The highest BCUT2D eigenvalue weighted by molar-refractivity contribution is 6.30. The maximum absolute atomic E-state index is 11.7. The highest BCUT2D eigenvalue weighted by atomic mass is 35.5. The number of carbonyl (C=O) groups is 2. The molecule has 0 aromatic heterocycles. The molecule has 0 aliphatic heterocycles. The molecule has 5 nitrogen and oxygen atoms in total. The second kappa shape index (κ2) is 9.43. The van der Waals surface area contributed by atoms with Crippen LogP contribution >= 0.6 is 11.6 Å². The van der Waals surface area contributed by atoms with Crippen LogP contribution in [-0.2, 0) is 4.79 Å². The summed E-state index contributed by atoms with van der Waals surface area (Å²) in [5.74, 6) is 0.153. The van der Waals surface area contributed by atoms with Crippen LogP contribution in [0.4, 0.5) is 4.79 Å². The van der Waals surface area contributed by atoms with Crippen molar-refractivity contribution in [2.24, 2.45) is 5.92 Å². The fraction of sp³-hybridized carbons (Fsp3) is 0.500. The topological polar surface area (TPSA) is 70.2 Å². The van der Waals surface area contributed by atoms with E-state index in [2.05, 4.69) is 29.8 Å². The second-order valence-electron chi connectivity index (χ2n) is 5.64. The third kappa shape index (κ3) is 7.43. The number of hydrogen-bond donors (Lipinski definition) is 3. The second-order valence-corrected chi connectivity index (χ2v) is 6.08. The van der Waals surface area contributed by atoms with Gasteiger partial charge in [0.15, 0.2) is 0 Å². The summed E-state index contributed by atoms with van der Waals surface area (Å²) in [7, 11) is 0. The van der Waals surface area contributed by atoms with Crippen LogP contribution in [0.1, 0.15) is 38.8 Å². The summed E-state index contributed by atoms with van der Waals surface area (Å²) in [4.78, 5) is 23.2. The zero-order chi connectivity index (χ0) is 16.5. The lowest BCUT2D eigenvalue weighted by molar-refractivity contribution is -0.119. The van der Waals surface area contributed by atoms with E-state index in [1.54, 1.807) is 12.1 Å². The molecular formula is C16H24ClN3O2. The van der Waals surface area contributed by atoms with E-state index in [0.717, 1.165) is 12.0 Å². The van der Waals surface area contributed by atoms with Gasteiger partial charge in [-0.05, 0) is 37.0 Å². The Morgan fingerprint density at radius 2 is 1.77 bits per heavy atom. The largest absolute Gasteiger partial charge is 0.338 e. The van der Waals surface area contributed by atoms with Gasteiger partial charge in [-0.3, -0.25) is 10.1 Å².